The summed E-state index contributed by atoms with van der Waals surface area (Å²) in [6.07, 6.45) is 3.94. The van der Waals surface area contributed by atoms with Gasteiger partial charge in [0.25, 0.3) is 0 Å². The van der Waals surface area contributed by atoms with Crippen LogP contribution in [0.5, 0.6) is 11.5 Å². The van der Waals surface area contributed by atoms with E-state index in [1.54, 1.807) is 40.2 Å². The maximum absolute atomic E-state index is 13.3. The van der Waals surface area contributed by atoms with Gasteiger partial charge in [0.15, 0.2) is 0 Å². The van der Waals surface area contributed by atoms with E-state index in [1.807, 2.05) is 18.2 Å². The van der Waals surface area contributed by atoms with Crippen molar-refractivity contribution in [2.45, 2.75) is 50.8 Å². The number of hydrogen-bond donors (Lipinski definition) is 0. The Morgan fingerprint density at radius 3 is 2.18 bits per heavy atom. The fourth-order valence-corrected chi connectivity index (χ4v) is 6.88. The average Bonchev–Trinajstić information content (AvgIpc) is 2.90. The highest BCUT2D eigenvalue weighted by molar-refractivity contribution is 7.89. The Kier molecular flexibility index (Phi) is 10.8. The molecule has 0 aromatic heterocycles. The van der Waals surface area contributed by atoms with Gasteiger partial charge < -0.3 is 19.3 Å². The van der Waals surface area contributed by atoms with Crippen molar-refractivity contribution < 1.29 is 22.7 Å². The molecule has 0 amide bonds. The predicted molar refractivity (Wildman–Crippen MR) is 157 cm³/mol. The Labute approximate surface area is 234 Å². The van der Waals surface area contributed by atoms with Crippen molar-refractivity contribution in [3.05, 3.63) is 47.0 Å². The van der Waals surface area contributed by atoms with Crippen LogP contribution in [0.15, 0.2) is 35.2 Å². The van der Waals surface area contributed by atoms with Crippen LogP contribution >= 0.6 is 0 Å². The first-order valence-corrected chi connectivity index (χ1v) is 15.1. The van der Waals surface area contributed by atoms with Crippen molar-refractivity contribution >= 4 is 21.5 Å². The van der Waals surface area contributed by atoms with Gasteiger partial charge in [-0.3, -0.25) is 4.79 Å². The molecule has 0 bridgehead atoms. The molecule has 0 spiro atoms. The lowest BCUT2D eigenvalue weighted by Crippen LogP contribution is -2.34. The van der Waals surface area contributed by atoms with Crippen LogP contribution in [0.3, 0.4) is 0 Å². The number of ketones is 1. The number of methoxy groups -OCH3 is 2. The average molecular weight is 560 g/mol. The number of ether oxygens (including phenoxy) is 2. The summed E-state index contributed by atoms with van der Waals surface area (Å²) in [4.78, 5) is 17.7. The first-order valence-electron chi connectivity index (χ1n) is 13.7. The van der Waals surface area contributed by atoms with Crippen LogP contribution < -0.4 is 14.4 Å². The first-order chi connectivity index (χ1) is 18.5. The van der Waals surface area contributed by atoms with E-state index in [0.717, 1.165) is 42.6 Å². The van der Waals surface area contributed by atoms with Crippen LogP contribution in [0.2, 0.25) is 0 Å². The zero-order chi connectivity index (χ0) is 28.7. The van der Waals surface area contributed by atoms with E-state index in [-0.39, 0.29) is 30.1 Å². The standard InChI is InChI=1S/C30H45N3O5S/c1-22-18-27(37-6)19-23(2)30(22)39(35,36)32(5)15-13-26(34)20-25-8-9-28(29(21-25)38-7)33-16-11-24(12-17-33)10-14-31(3)4/h8-9,18-19,21,24H,10-17,20H2,1-7H3. The highest BCUT2D eigenvalue weighted by Crippen LogP contribution is 2.33. The molecule has 0 atom stereocenters. The molecule has 0 N–H and O–H groups in total. The molecule has 39 heavy (non-hydrogen) atoms. The Hall–Kier alpha value is -2.62. The van der Waals surface area contributed by atoms with Gasteiger partial charge in [-0.15, -0.1) is 0 Å². The third kappa shape index (κ3) is 7.96. The van der Waals surface area contributed by atoms with Crippen LogP contribution in [0.25, 0.3) is 0 Å². The molecule has 0 unspecified atom stereocenters. The molecule has 0 saturated carbocycles. The van der Waals surface area contributed by atoms with Crippen LogP contribution in [0.4, 0.5) is 5.69 Å². The van der Waals surface area contributed by atoms with E-state index in [9.17, 15) is 13.2 Å². The van der Waals surface area contributed by atoms with Crippen molar-refractivity contribution in [3.8, 4) is 11.5 Å². The minimum absolute atomic E-state index is 0.0169. The first kappa shape index (κ1) is 30.9. The topological polar surface area (TPSA) is 79.4 Å². The number of anilines is 1. The van der Waals surface area contributed by atoms with Gasteiger partial charge in [-0.25, -0.2) is 12.7 Å². The van der Waals surface area contributed by atoms with Gasteiger partial charge in [0.2, 0.25) is 10.0 Å². The molecular weight excluding hydrogens is 514 g/mol. The molecule has 8 nitrogen and oxygen atoms in total. The Bertz CT molecular complexity index is 1210. The Balaban J connectivity index is 1.58. The number of nitrogens with zero attached hydrogens (tertiary/aromatic N) is 3. The van der Waals surface area contributed by atoms with Gasteiger partial charge in [-0.1, -0.05) is 6.07 Å². The van der Waals surface area contributed by atoms with Crippen molar-refractivity contribution in [3.63, 3.8) is 0 Å². The molecule has 0 radical (unpaired) electrons. The maximum atomic E-state index is 13.3. The summed E-state index contributed by atoms with van der Waals surface area (Å²) in [5, 5.41) is 0. The van der Waals surface area contributed by atoms with Crippen molar-refractivity contribution in [2.75, 3.05) is 66.4 Å². The highest BCUT2D eigenvalue weighted by atomic mass is 32.2. The highest BCUT2D eigenvalue weighted by Gasteiger charge is 2.26. The molecule has 9 heteroatoms. The van der Waals surface area contributed by atoms with Gasteiger partial charge in [0.1, 0.15) is 17.3 Å². The lowest BCUT2D eigenvalue weighted by molar-refractivity contribution is -0.118. The lowest BCUT2D eigenvalue weighted by atomic mass is 9.93. The van der Waals surface area contributed by atoms with Gasteiger partial charge >= 0.3 is 0 Å². The largest absolute Gasteiger partial charge is 0.497 e. The van der Waals surface area contributed by atoms with Crippen LogP contribution in [-0.4, -0.2) is 84.9 Å². The minimum Gasteiger partial charge on any atom is -0.497 e. The molecule has 3 rings (SSSR count). The quantitative estimate of drug-likeness (QED) is 0.362. The second-order valence-corrected chi connectivity index (χ2v) is 12.9. The van der Waals surface area contributed by atoms with Gasteiger partial charge in [-0.05, 0) is 101 Å². The molecule has 2 aromatic rings. The van der Waals surface area contributed by atoms with Gasteiger partial charge in [-0.2, -0.15) is 0 Å². The van der Waals surface area contributed by atoms with E-state index in [1.165, 1.54) is 30.6 Å². The molecule has 1 fully saturated rings. The van der Waals surface area contributed by atoms with Gasteiger partial charge in [0, 0.05) is 39.5 Å². The van der Waals surface area contributed by atoms with E-state index in [0.29, 0.717) is 16.9 Å². The summed E-state index contributed by atoms with van der Waals surface area (Å²) >= 11 is 0. The number of benzene rings is 2. The number of rotatable bonds is 13. The van der Waals surface area contributed by atoms with Crippen LogP contribution in [0.1, 0.15) is 42.4 Å². The molecule has 1 saturated heterocycles. The third-order valence-corrected chi connectivity index (χ3v) is 9.79. The zero-order valence-corrected chi connectivity index (χ0v) is 25.4. The smallest absolute Gasteiger partial charge is 0.243 e. The minimum atomic E-state index is -3.74. The molecular formula is C30H45N3O5S. The Morgan fingerprint density at radius 2 is 1.62 bits per heavy atom. The summed E-state index contributed by atoms with van der Waals surface area (Å²) in [7, 11) is 5.25. The maximum Gasteiger partial charge on any atom is 0.243 e. The monoisotopic (exact) mass is 559 g/mol. The third-order valence-electron chi connectivity index (χ3n) is 7.63. The fraction of sp³-hybridized carbons (Fsp3) is 0.567. The van der Waals surface area contributed by atoms with Crippen molar-refractivity contribution in [1.29, 1.82) is 0 Å². The lowest BCUT2D eigenvalue weighted by Gasteiger charge is -2.35. The molecule has 1 aliphatic rings. The number of carbonyl (C=O) groups is 1. The summed E-state index contributed by atoms with van der Waals surface area (Å²) in [5.74, 6) is 2.13. The van der Waals surface area contributed by atoms with E-state index in [2.05, 4.69) is 23.9 Å². The number of hydrogen-bond acceptors (Lipinski definition) is 7. The van der Waals surface area contributed by atoms with E-state index in [4.69, 9.17) is 9.47 Å². The molecule has 216 valence electrons. The van der Waals surface area contributed by atoms with Gasteiger partial charge in [0.05, 0.1) is 24.8 Å². The number of carbonyl (C=O) groups excluding carboxylic acids is 1. The second-order valence-electron chi connectivity index (χ2n) is 10.9. The van der Waals surface area contributed by atoms with E-state index < -0.39 is 10.0 Å². The normalized spacial score (nSPS) is 14.7. The molecule has 0 aliphatic carbocycles. The van der Waals surface area contributed by atoms with Crippen LogP contribution in [-0.2, 0) is 21.2 Å². The fourth-order valence-electron chi connectivity index (χ4n) is 5.31. The zero-order valence-electron chi connectivity index (χ0n) is 24.6. The molecule has 2 aromatic carbocycles. The summed E-state index contributed by atoms with van der Waals surface area (Å²) in [6, 6.07) is 9.40. The summed E-state index contributed by atoms with van der Waals surface area (Å²) in [6.45, 7) is 6.75. The number of aryl methyl sites for hydroxylation is 2. The number of piperidine rings is 1. The molecule has 1 heterocycles. The molecule has 1 aliphatic heterocycles. The van der Waals surface area contributed by atoms with Crippen molar-refractivity contribution in [1.82, 2.24) is 9.21 Å². The second kappa shape index (κ2) is 13.6. The summed E-state index contributed by atoms with van der Waals surface area (Å²) in [5.41, 5.74) is 3.18. The predicted octanol–water partition coefficient (Wildman–Crippen LogP) is 4.31. The number of sulfonamides is 1. The van der Waals surface area contributed by atoms with Crippen LogP contribution in [0, 0.1) is 19.8 Å². The number of Topliss-reactive ketones (excluding diaryl/α,β-unsaturated/α-hetero) is 1. The van der Waals surface area contributed by atoms with Crippen molar-refractivity contribution in [2.24, 2.45) is 5.92 Å². The Morgan fingerprint density at radius 1 is 0.974 bits per heavy atom. The SMILES string of the molecule is COc1cc(C)c(S(=O)(=O)N(C)CCC(=O)Cc2ccc(N3CCC(CCN(C)C)CC3)c(OC)c2)c(C)c1. The summed E-state index contributed by atoms with van der Waals surface area (Å²) < 4.78 is 38.7. The van der Waals surface area contributed by atoms with E-state index >= 15 is 0 Å².